The van der Waals surface area contributed by atoms with E-state index in [9.17, 15) is 14.7 Å². The number of carbonyl (C=O) groups excluding carboxylic acids is 2. The molecule has 190 valence electrons. The number of nitrogens with one attached hydrogen (secondary N) is 1. The summed E-state index contributed by atoms with van der Waals surface area (Å²) in [6.45, 7) is 4.91. The third kappa shape index (κ3) is 5.73. The molecular weight excluding hydrogens is 458 g/mol. The highest BCUT2D eigenvalue weighted by atomic mass is 16.5. The first-order valence-corrected chi connectivity index (χ1v) is 12.3. The number of aromatic nitrogens is 3. The number of nitrogens with zero attached hydrogens (tertiary/aromatic N) is 4. The number of aliphatic hydroxyl groups excluding tert-OH is 1. The number of hydrogen-bond acceptors (Lipinski definition) is 6. The lowest BCUT2D eigenvalue weighted by atomic mass is 10.0. The summed E-state index contributed by atoms with van der Waals surface area (Å²) in [4.78, 5) is 28.7. The van der Waals surface area contributed by atoms with E-state index in [0.717, 1.165) is 18.4 Å². The third-order valence-electron chi connectivity index (χ3n) is 6.56. The van der Waals surface area contributed by atoms with Gasteiger partial charge in [0.1, 0.15) is 23.6 Å². The predicted molar refractivity (Wildman–Crippen MR) is 134 cm³/mol. The van der Waals surface area contributed by atoms with E-state index in [2.05, 4.69) is 15.6 Å². The van der Waals surface area contributed by atoms with E-state index in [4.69, 9.17) is 4.74 Å². The smallest absolute Gasteiger partial charge is 0.252 e. The molecule has 1 aliphatic rings. The van der Waals surface area contributed by atoms with Crippen molar-refractivity contribution in [2.45, 2.75) is 51.4 Å². The fourth-order valence-electron chi connectivity index (χ4n) is 4.47. The van der Waals surface area contributed by atoms with E-state index in [1.807, 2.05) is 49.1 Å². The van der Waals surface area contributed by atoms with Crippen LogP contribution in [0, 0.1) is 5.92 Å². The van der Waals surface area contributed by atoms with Gasteiger partial charge in [-0.05, 0) is 48.6 Å². The summed E-state index contributed by atoms with van der Waals surface area (Å²) in [7, 11) is 1.57. The number of rotatable bonds is 9. The summed E-state index contributed by atoms with van der Waals surface area (Å²) in [6, 6.07) is 15.1. The predicted octanol–water partition coefficient (Wildman–Crippen LogP) is 3.14. The monoisotopic (exact) mass is 491 g/mol. The minimum Gasteiger partial charge on any atom is -0.497 e. The molecule has 1 unspecified atom stereocenters. The first-order chi connectivity index (χ1) is 17.4. The molecule has 1 saturated heterocycles. The van der Waals surface area contributed by atoms with Crippen molar-refractivity contribution < 1.29 is 19.4 Å². The first kappa shape index (κ1) is 25.4. The van der Waals surface area contributed by atoms with Crippen LogP contribution < -0.4 is 10.1 Å². The topological polar surface area (TPSA) is 110 Å². The molecule has 0 radical (unpaired) electrons. The van der Waals surface area contributed by atoms with Gasteiger partial charge in [-0.2, -0.15) is 0 Å². The Hall–Kier alpha value is -3.72. The summed E-state index contributed by atoms with van der Waals surface area (Å²) in [5, 5.41) is 21.5. The molecule has 9 heteroatoms. The Labute approximate surface area is 211 Å². The fourth-order valence-corrected chi connectivity index (χ4v) is 4.47. The standard InChI is InChI=1S/C27H33N5O4/c1-18(2)25(33)23-17-31(30-29-23)16-21-10-7-15-32(21)27(35)24(19-8-5-4-6-9-19)28-26(34)20-11-13-22(36-3)14-12-20/h4-6,8-9,11-14,17-18,21,24-25,33H,7,10,15-16H2,1-3H3,(H,28,34)/t21-,24?,25-/m0/s1. The lowest BCUT2D eigenvalue weighted by Crippen LogP contribution is -2.46. The Bertz CT molecular complexity index is 1160. The molecule has 2 aromatic carbocycles. The number of benzene rings is 2. The van der Waals surface area contributed by atoms with Gasteiger partial charge in [0.15, 0.2) is 0 Å². The molecule has 1 fully saturated rings. The molecule has 0 aliphatic carbocycles. The Morgan fingerprint density at radius 2 is 1.86 bits per heavy atom. The number of aliphatic hydroxyl groups is 1. The van der Waals surface area contributed by atoms with E-state index in [-0.39, 0.29) is 23.8 Å². The van der Waals surface area contributed by atoms with Gasteiger partial charge < -0.3 is 20.1 Å². The Morgan fingerprint density at radius 3 is 2.53 bits per heavy atom. The zero-order valence-electron chi connectivity index (χ0n) is 20.9. The lowest BCUT2D eigenvalue weighted by molar-refractivity contribution is -0.134. The van der Waals surface area contributed by atoms with Crippen molar-refractivity contribution in [3.05, 3.63) is 77.6 Å². The molecule has 2 N–H and O–H groups in total. The number of carbonyl (C=O) groups is 2. The minimum atomic E-state index is -0.824. The molecule has 4 rings (SSSR count). The summed E-state index contributed by atoms with van der Waals surface area (Å²) in [5.74, 6) is 0.187. The van der Waals surface area contributed by atoms with Gasteiger partial charge in [0, 0.05) is 12.1 Å². The van der Waals surface area contributed by atoms with Crippen LogP contribution in [0.4, 0.5) is 0 Å². The minimum absolute atomic E-state index is 0.0284. The maximum atomic E-state index is 13.8. The highest BCUT2D eigenvalue weighted by Crippen LogP contribution is 2.26. The van der Waals surface area contributed by atoms with Crippen LogP contribution in [0.3, 0.4) is 0 Å². The van der Waals surface area contributed by atoms with Gasteiger partial charge in [0.25, 0.3) is 5.91 Å². The summed E-state index contributed by atoms with van der Waals surface area (Å²) in [6.07, 6.45) is 2.74. The number of likely N-dealkylation sites (tertiary alicyclic amines) is 1. The number of methoxy groups -OCH3 is 1. The van der Waals surface area contributed by atoms with Crippen LogP contribution in [0.2, 0.25) is 0 Å². The fraction of sp³-hybridized carbons (Fsp3) is 0.407. The van der Waals surface area contributed by atoms with Crippen LogP contribution in [-0.4, -0.2) is 56.5 Å². The molecule has 3 aromatic rings. The maximum absolute atomic E-state index is 13.8. The van der Waals surface area contributed by atoms with E-state index in [0.29, 0.717) is 30.1 Å². The molecule has 36 heavy (non-hydrogen) atoms. The first-order valence-electron chi connectivity index (χ1n) is 12.3. The van der Waals surface area contributed by atoms with Gasteiger partial charge in [-0.1, -0.05) is 49.4 Å². The number of amides is 2. The third-order valence-corrected chi connectivity index (χ3v) is 6.56. The second-order valence-corrected chi connectivity index (χ2v) is 9.43. The van der Waals surface area contributed by atoms with Crippen molar-refractivity contribution in [1.29, 1.82) is 0 Å². The van der Waals surface area contributed by atoms with Crippen LogP contribution in [0.5, 0.6) is 5.75 Å². The highest BCUT2D eigenvalue weighted by Gasteiger charge is 2.35. The molecule has 0 spiro atoms. The van der Waals surface area contributed by atoms with Gasteiger partial charge in [-0.15, -0.1) is 5.10 Å². The van der Waals surface area contributed by atoms with Crippen molar-refractivity contribution in [3.8, 4) is 5.75 Å². The SMILES string of the molecule is COc1ccc(C(=O)NC(C(=O)N2CCC[C@H]2Cn2cc([C@@H](O)C(C)C)nn2)c2ccccc2)cc1. The summed E-state index contributed by atoms with van der Waals surface area (Å²) in [5.41, 5.74) is 1.69. The Balaban J connectivity index is 1.52. The van der Waals surface area contributed by atoms with Gasteiger partial charge in [-0.25, -0.2) is 0 Å². The van der Waals surface area contributed by atoms with Gasteiger partial charge >= 0.3 is 0 Å². The summed E-state index contributed by atoms with van der Waals surface area (Å²) < 4.78 is 6.86. The van der Waals surface area contributed by atoms with Gasteiger partial charge in [0.05, 0.1) is 25.9 Å². The van der Waals surface area contributed by atoms with Crippen LogP contribution in [-0.2, 0) is 11.3 Å². The van der Waals surface area contributed by atoms with Crippen molar-refractivity contribution in [2.24, 2.45) is 5.92 Å². The molecule has 3 atom stereocenters. The molecule has 9 nitrogen and oxygen atoms in total. The average molecular weight is 492 g/mol. The number of ether oxygens (including phenoxy) is 1. The van der Waals surface area contributed by atoms with Crippen molar-refractivity contribution in [2.75, 3.05) is 13.7 Å². The highest BCUT2D eigenvalue weighted by molar-refractivity contribution is 5.98. The summed E-state index contributed by atoms with van der Waals surface area (Å²) >= 11 is 0. The average Bonchev–Trinajstić information content (AvgIpc) is 3.57. The molecule has 0 bridgehead atoms. The molecule has 1 aliphatic heterocycles. The molecular formula is C27H33N5O4. The lowest BCUT2D eigenvalue weighted by Gasteiger charge is -2.29. The largest absolute Gasteiger partial charge is 0.497 e. The maximum Gasteiger partial charge on any atom is 0.252 e. The second-order valence-electron chi connectivity index (χ2n) is 9.43. The molecule has 2 heterocycles. The van der Waals surface area contributed by atoms with E-state index in [1.54, 1.807) is 42.3 Å². The zero-order valence-corrected chi connectivity index (χ0v) is 20.9. The van der Waals surface area contributed by atoms with Crippen LogP contribution in [0.15, 0.2) is 60.8 Å². The number of hydrogen-bond donors (Lipinski definition) is 2. The quantitative estimate of drug-likeness (QED) is 0.476. The van der Waals surface area contributed by atoms with Gasteiger partial charge in [0.2, 0.25) is 5.91 Å². The van der Waals surface area contributed by atoms with Crippen LogP contribution in [0.1, 0.15) is 60.5 Å². The second kappa shape index (κ2) is 11.3. The van der Waals surface area contributed by atoms with Crippen molar-refractivity contribution in [3.63, 3.8) is 0 Å². The van der Waals surface area contributed by atoms with Crippen LogP contribution >= 0.6 is 0 Å². The zero-order chi connectivity index (χ0) is 25.7. The van der Waals surface area contributed by atoms with E-state index in [1.165, 1.54) is 0 Å². The van der Waals surface area contributed by atoms with Crippen molar-refractivity contribution in [1.82, 2.24) is 25.2 Å². The Morgan fingerprint density at radius 1 is 1.14 bits per heavy atom. The van der Waals surface area contributed by atoms with E-state index < -0.39 is 12.1 Å². The Kier molecular flexibility index (Phi) is 8.00. The van der Waals surface area contributed by atoms with Gasteiger partial charge in [-0.3, -0.25) is 14.3 Å². The molecule has 0 saturated carbocycles. The molecule has 2 amide bonds. The normalized spacial score (nSPS) is 17.1. The molecule has 1 aromatic heterocycles. The van der Waals surface area contributed by atoms with Crippen molar-refractivity contribution >= 4 is 11.8 Å². The van der Waals surface area contributed by atoms with Crippen LogP contribution in [0.25, 0.3) is 0 Å². The van der Waals surface area contributed by atoms with E-state index >= 15 is 0 Å².